The highest BCUT2D eigenvalue weighted by molar-refractivity contribution is 5.96. The maximum absolute atomic E-state index is 12.0. The second-order valence-electron chi connectivity index (χ2n) is 6.82. The molecule has 0 bridgehead atoms. The highest BCUT2D eigenvalue weighted by Crippen LogP contribution is 2.54. The SMILES string of the molecule is COC1(c2ccc(C(C)=O)cc2C=O)c2ccc(O)cc2Oc2cc(O)ccc21. The average molecular weight is 390 g/mol. The van der Waals surface area contributed by atoms with Crippen molar-refractivity contribution in [2.75, 3.05) is 7.11 Å². The van der Waals surface area contributed by atoms with Crippen LogP contribution in [-0.2, 0) is 10.3 Å². The van der Waals surface area contributed by atoms with Gasteiger partial charge in [0.2, 0.25) is 0 Å². The zero-order valence-electron chi connectivity index (χ0n) is 15.8. The van der Waals surface area contributed by atoms with Crippen molar-refractivity contribution in [1.82, 2.24) is 0 Å². The van der Waals surface area contributed by atoms with Crippen molar-refractivity contribution in [3.05, 3.63) is 82.4 Å². The molecule has 0 radical (unpaired) electrons. The van der Waals surface area contributed by atoms with Crippen LogP contribution in [0.25, 0.3) is 0 Å². The molecule has 6 heteroatoms. The third-order valence-electron chi connectivity index (χ3n) is 5.18. The number of carbonyl (C=O) groups excluding carboxylic acids is 2. The molecule has 29 heavy (non-hydrogen) atoms. The Kier molecular flexibility index (Phi) is 4.36. The number of hydrogen-bond acceptors (Lipinski definition) is 6. The minimum absolute atomic E-state index is 0.0000976. The van der Waals surface area contributed by atoms with Crippen LogP contribution < -0.4 is 4.74 Å². The van der Waals surface area contributed by atoms with Crippen LogP contribution in [-0.4, -0.2) is 29.4 Å². The van der Waals surface area contributed by atoms with Crippen molar-refractivity contribution in [1.29, 1.82) is 0 Å². The van der Waals surface area contributed by atoms with E-state index in [9.17, 15) is 19.8 Å². The number of phenolic OH excluding ortho intramolecular Hbond substituents is 2. The Bertz CT molecular complexity index is 1100. The number of benzene rings is 3. The maximum Gasteiger partial charge on any atom is 0.159 e. The van der Waals surface area contributed by atoms with Gasteiger partial charge in [-0.2, -0.15) is 0 Å². The van der Waals surface area contributed by atoms with Crippen molar-refractivity contribution in [2.45, 2.75) is 12.5 Å². The number of carbonyl (C=O) groups is 2. The molecule has 1 aliphatic heterocycles. The summed E-state index contributed by atoms with van der Waals surface area (Å²) in [5, 5.41) is 19.9. The molecule has 0 atom stereocenters. The van der Waals surface area contributed by atoms with Crippen molar-refractivity contribution in [3.8, 4) is 23.0 Å². The predicted octanol–water partition coefficient (Wildman–Crippen LogP) is 4.16. The molecule has 1 aliphatic rings. The third kappa shape index (κ3) is 2.77. The fourth-order valence-electron chi connectivity index (χ4n) is 3.86. The number of aldehydes is 1. The quantitative estimate of drug-likeness (QED) is 0.513. The monoisotopic (exact) mass is 390 g/mol. The van der Waals surface area contributed by atoms with Gasteiger partial charge in [-0.25, -0.2) is 0 Å². The summed E-state index contributed by atoms with van der Waals surface area (Å²) in [7, 11) is 1.51. The van der Waals surface area contributed by atoms with E-state index < -0.39 is 5.60 Å². The lowest BCUT2D eigenvalue weighted by Crippen LogP contribution is -2.35. The Balaban J connectivity index is 2.10. The lowest BCUT2D eigenvalue weighted by atomic mass is 9.75. The number of methoxy groups -OCH3 is 1. The molecular formula is C23H18O6. The highest BCUT2D eigenvalue weighted by Gasteiger charge is 2.46. The number of Topliss-reactive ketones (excluding diaryl/α,β-unsaturated/α-hetero) is 1. The topological polar surface area (TPSA) is 93.1 Å². The predicted molar refractivity (Wildman–Crippen MR) is 105 cm³/mol. The first kappa shape index (κ1) is 18.7. The lowest BCUT2D eigenvalue weighted by Gasteiger charge is -2.40. The molecule has 3 aromatic carbocycles. The first-order valence-corrected chi connectivity index (χ1v) is 8.91. The molecule has 0 fully saturated rings. The van der Waals surface area contributed by atoms with Gasteiger partial charge in [-0.3, -0.25) is 9.59 Å². The van der Waals surface area contributed by atoms with Crippen molar-refractivity contribution < 1.29 is 29.3 Å². The van der Waals surface area contributed by atoms with Crippen LogP contribution in [0.15, 0.2) is 54.6 Å². The Labute approximate surface area is 167 Å². The Hall–Kier alpha value is -3.64. The van der Waals surface area contributed by atoms with Gasteiger partial charge in [0.05, 0.1) is 0 Å². The molecule has 2 N–H and O–H groups in total. The number of aromatic hydroxyl groups is 2. The normalized spacial score (nSPS) is 13.7. The summed E-state index contributed by atoms with van der Waals surface area (Å²) in [6, 6.07) is 14.1. The molecule has 0 unspecified atom stereocenters. The number of ether oxygens (including phenoxy) is 2. The molecule has 0 saturated heterocycles. The van der Waals surface area contributed by atoms with E-state index in [0.717, 1.165) is 0 Å². The van der Waals surface area contributed by atoms with E-state index in [2.05, 4.69) is 0 Å². The van der Waals surface area contributed by atoms with E-state index >= 15 is 0 Å². The van der Waals surface area contributed by atoms with E-state index in [1.807, 2.05) is 0 Å². The highest BCUT2D eigenvalue weighted by atomic mass is 16.5. The molecule has 0 aromatic heterocycles. The molecule has 4 rings (SSSR count). The zero-order valence-corrected chi connectivity index (χ0v) is 15.8. The third-order valence-corrected chi connectivity index (χ3v) is 5.18. The average Bonchev–Trinajstić information content (AvgIpc) is 2.71. The van der Waals surface area contributed by atoms with E-state index in [1.54, 1.807) is 24.3 Å². The van der Waals surface area contributed by atoms with Gasteiger partial charge in [0, 0.05) is 47.1 Å². The van der Waals surface area contributed by atoms with Gasteiger partial charge in [0.1, 0.15) is 29.3 Å². The fraction of sp³-hybridized carbons (Fsp3) is 0.130. The molecule has 1 heterocycles. The summed E-state index contributed by atoms with van der Waals surface area (Å²) < 4.78 is 12.0. The van der Waals surface area contributed by atoms with Gasteiger partial charge in [0.25, 0.3) is 0 Å². The minimum atomic E-state index is -1.25. The van der Waals surface area contributed by atoms with Crippen LogP contribution in [0, 0.1) is 0 Å². The van der Waals surface area contributed by atoms with Gasteiger partial charge >= 0.3 is 0 Å². The molecule has 0 saturated carbocycles. The first-order valence-electron chi connectivity index (χ1n) is 8.91. The molecule has 0 spiro atoms. The van der Waals surface area contributed by atoms with Crippen LogP contribution in [0.1, 0.15) is 44.3 Å². The molecule has 146 valence electrons. The van der Waals surface area contributed by atoms with Gasteiger partial charge in [-0.05, 0) is 37.3 Å². The van der Waals surface area contributed by atoms with Gasteiger partial charge < -0.3 is 19.7 Å². The molecule has 3 aromatic rings. The van der Waals surface area contributed by atoms with Crippen LogP contribution in [0.4, 0.5) is 0 Å². The van der Waals surface area contributed by atoms with E-state index in [1.165, 1.54) is 44.4 Å². The van der Waals surface area contributed by atoms with Gasteiger partial charge in [-0.15, -0.1) is 0 Å². The maximum atomic E-state index is 12.0. The number of fused-ring (bicyclic) bond motifs is 2. The van der Waals surface area contributed by atoms with Crippen LogP contribution in [0.5, 0.6) is 23.0 Å². The molecule has 0 aliphatic carbocycles. The largest absolute Gasteiger partial charge is 0.508 e. The minimum Gasteiger partial charge on any atom is -0.508 e. The lowest BCUT2D eigenvalue weighted by molar-refractivity contribution is 0.0489. The summed E-state index contributed by atoms with van der Waals surface area (Å²) in [6.07, 6.45) is 0.679. The standard InChI is InChI=1S/C23H18O6/c1-13(25)14-3-6-18(15(9-14)12-24)23(28-2)19-7-4-16(26)10-21(19)29-22-11-17(27)5-8-20(22)23/h3-12,26-27H,1-2H3. The summed E-state index contributed by atoms with van der Waals surface area (Å²) in [5.41, 5.74) is 1.12. The van der Waals surface area contributed by atoms with E-state index in [0.29, 0.717) is 45.6 Å². The molecule has 0 amide bonds. The number of hydrogen-bond donors (Lipinski definition) is 2. The second-order valence-corrected chi connectivity index (χ2v) is 6.82. The van der Waals surface area contributed by atoms with Gasteiger partial charge in [0.15, 0.2) is 11.4 Å². The van der Waals surface area contributed by atoms with Gasteiger partial charge in [-0.1, -0.05) is 12.1 Å². The fourth-order valence-corrected chi connectivity index (χ4v) is 3.86. The number of ketones is 1. The number of phenols is 2. The first-order chi connectivity index (χ1) is 13.9. The summed E-state index contributed by atoms with van der Waals surface area (Å²) in [4.78, 5) is 23.8. The van der Waals surface area contributed by atoms with Crippen molar-refractivity contribution >= 4 is 12.1 Å². The smallest absolute Gasteiger partial charge is 0.159 e. The molecule has 6 nitrogen and oxygen atoms in total. The summed E-state index contributed by atoms with van der Waals surface area (Å²) >= 11 is 0. The Morgan fingerprint density at radius 1 is 0.931 bits per heavy atom. The van der Waals surface area contributed by atoms with Crippen LogP contribution >= 0.6 is 0 Å². The zero-order chi connectivity index (χ0) is 20.8. The second kappa shape index (κ2) is 6.76. The van der Waals surface area contributed by atoms with E-state index in [-0.39, 0.29) is 17.3 Å². The Morgan fingerprint density at radius 3 is 1.97 bits per heavy atom. The van der Waals surface area contributed by atoms with Crippen molar-refractivity contribution in [2.24, 2.45) is 0 Å². The molecular weight excluding hydrogens is 372 g/mol. The van der Waals surface area contributed by atoms with E-state index in [4.69, 9.17) is 9.47 Å². The number of rotatable bonds is 4. The van der Waals surface area contributed by atoms with Crippen molar-refractivity contribution in [3.63, 3.8) is 0 Å². The Morgan fingerprint density at radius 2 is 1.48 bits per heavy atom. The van der Waals surface area contributed by atoms with Crippen LogP contribution in [0.3, 0.4) is 0 Å². The van der Waals surface area contributed by atoms with Crippen LogP contribution in [0.2, 0.25) is 0 Å². The summed E-state index contributed by atoms with van der Waals surface area (Å²) in [5.74, 6) is 0.503. The summed E-state index contributed by atoms with van der Waals surface area (Å²) in [6.45, 7) is 1.43.